The van der Waals surface area contributed by atoms with Gasteiger partial charge in [0.1, 0.15) is 48.9 Å². The second-order valence-electron chi connectivity index (χ2n) is 12.5. The van der Waals surface area contributed by atoms with Gasteiger partial charge in [0.25, 0.3) is 0 Å². The van der Waals surface area contributed by atoms with Gasteiger partial charge in [-0.2, -0.15) is 10.5 Å². The van der Waals surface area contributed by atoms with Gasteiger partial charge in [0, 0.05) is 19.2 Å². The van der Waals surface area contributed by atoms with Crippen LogP contribution < -0.4 is 9.64 Å². The second-order valence-corrected chi connectivity index (χ2v) is 13.5. The number of benzene rings is 1. The number of rotatable bonds is 23. The van der Waals surface area contributed by atoms with E-state index in [0.717, 1.165) is 35.7 Å². The number of nitrogens with zero attached hydrogens (tertiary/aromatic N) is 7. The average molecular weight is 676 g/mol. The number of likely N-dealkylation sites (N-methyl/N-ethyl adjacent to an activating group) is 2. The first-order chi connectivity index (χ1) is 22.4. The molecule has 13 nitrogen and oxygen atoms in total. The van der Waals surface area contributed by atoms with Crippen molar-refractivity contribution >= 4 is 27.7 Å². The molecule has 0 unspecified atom stereocenters. The first-order valence-corrected chi connectivity index (χ1v) is 16.6. The third-order valence-electron chi connectivity index (χ3n) is 7.90. The number of azo groups is 1. The first-order valence-electron chi connectivity index (χ1n) is 15.8. The zero-order valence-corrected chi connectivity index (χ0v) is 29.9. The molecule has 0 fully saturated rings. The fraction of sp³-hybridized carbons (Fsp3) is 0.636. The summed E-state index contributed by atoms with van der Waals surface area (Å²) in [5, 5.41) is 46.6. The third-order valence-corrected chi connectivity index (χ3v) is 8.98. The number of aliphatic hydroxyl groups is 2. The Balaban J connectivity index is 2.12. The van der Waals surface area contributed by atoms with Crippen molar-refractivity contribution in [1.29, 1.82) is 10.5 Å². The van der Waals surface area contributed by atoms with E-state index >= 15 is 0 Å². The number of aryl methyl sites for hydroxylation is 1. The number of hydrogen-bond acceptors (Lipinski definition) is 12. The van der Waals surface area contributed by atoms with Gasteiger partial charge in [0.15, 0.2) is 5.00 Å². The Bertz CT molecular complexity index is 1370. The van der Waals surface area contributed by atoms with Crippen molar-refractivity contribution in [3.05, 3.63) is 33.7 Å². The van der Waals surface area contributed by atoms with Gasteiger partial charge < -0.3 is 43.0 Å². The minimum atomic E-state index is 0.134. The van der Waals surface area contributed by atoms with E-state index in [1.165, 1.54) is 0 Å². The highest BCUT2D eigenvalue weighted by Gasteiger charge is 2.19. The quantitative estimate of drug-likeness (QED) is 0.102. The molecule has 14 heteroatoms. The van der Waals surface area contributed by atoms with Crippen LogP contribution in [0.15, 0.2) is 22.4 Å². The molecule has 0 aliphatic carbocycles. The van der Waals surface area contributed by atoms with Gasteiger partial charge in [-0.15, -0.1) is 21.6 Å². The van der Waals surface area contributed by atoms with Crippen LogP contribution in [0.4, 0.5) is 16.4 Å². The third kappa shape index (κ3) is 13.5. The Kier molecular flexibility index (Phi) is 17.2. The lowest BCUT2D eigenvalue weighted by Crippen LogP contribution is -2.44. The summed E-state index contributed by atoms with van der Waals surface area (Å²) in [6.07, 6.45) is 0. The van der Waals surface area contributed by atoms with Crippen LogP contribution in [-0.4, -0.2) is 147 Å². The molecule has 0 aliphatic rings. The van der Waals surface area contributed by atoms with Gasteiger partial charge in [0.2, 0.25) is 0 Å². The van der Waals surface area contributed by atoms with E-state index in [9.17, 15) is 20.7 Å². The molecule has 1 aromatic carbocycles. The van der Waals surface area contributed by atoms with Crippen molar-refractivity contribution in [2.75, 3.05) is 132 Å². The molecule has 260 valence electrons. The zero-order valence-electron chi connectivity index (χ0n) is 29.1. The van der Waals surface area contributed by atoms with E-state index in [1.54, 1.807) is 14.0 Å². The summed E-state index contributed by atoms with van der Waals surface area (Å²) >= 11 is 1.15. The lowest BCUT2D eigenvalue weighted by Gasteiger charge is -2.29. The van der Waals surface area contributed by atoms with Gasteiger partial charge in [-0.1, -0.05) is 0 Å². The number of thiophene rings is 1. The molecule has 0 radical (unpaired) electrons. The molecule has 0 bridgehead atoms. The Morgan fingerprint density at radius 2 is 1.34 bits per heavy atom. The molecule has 1 aromatic heterocycles. The van der Waals surface area contributed by atoms with Crippen molar-refractivity contribution in [2.45, 2.75) is 13.8 Å². The summed E-state index contributed by atoms with van der Waals surface area (Å²) in [4.78, 5) is 2.61. The van der Waals surface area contributed by atoms with Crippen LogP contribution in [-0.2, 0) is 14.2 Å². The van der Waals surface area contributed by atoms with Gasteiger partial charge in [-0.25, -0.2) is 0 Å². The van der Waals surface area contributed by atoms with E-state index in [2.05, 4.69) is 55.5 Å². The predicted octanol–water partition coefficient (Wildman–Crippen LogP) is 3.53. The van der Waals surface area contributed by atoms with Crippen LogP contribution in [0.1, 0.15) is 21.6 Å². The minimum Gasteiger partial charge on any atom is -0.495 e. The Morgan fingerprint density at radius 3 is 1.85 bits per heavy atom. The number of hydrogen-bond donors (Lipinski definition) is 2. The van der Waals surface area contributed by atoms with Crippen LogP contribution in [0.3, 0.4) is 0 Å². The maximum Gasteiger partial charge on any atom is 0.158 e. The molecular formula is C33H53N7O6S+2. The molecule has 47 heavy (non-hydrogen) atoms. The number of anilines is 1. The number of quaternary nitrogens is 2. The van der Waals surface area contributed by atoms with Gasteiger partial charge >= 0.3 is 0 Å². The van der Waals surface area contributed by atoms with Gasteiger partial charge in [-0.3, -0.25) is 0 Å². The van der Waals surface area contributed by atoms with Crippen LogP contribution in [0, 0.1) is 36.5 Å². The van der Waals surface area contributed by atoms with E-state index in [-0.39, 0.29) is 13.2 Å². The molecule has 0 spiro atoms. The lowest BCUT2D eigenvalue weighted by atomic mass is 10.1. The molecule has 0 saturated heterocycles. The summed E-state index contributed by atoms with van der Waals surface area (Å²) in [7, 11) is 9.87. The van der Waals surface area contributed by atoms with Gasteiger partial charge in [0.05, 0.1) is 105 Å². The van der Waals surface area contributed by atoms with Crippen molar-refractivity contribution in [3.8, 4) is 17.9 Å². The fourth-order valence-electron chi connectivity index (χ4n) is 4.60. The standard InChI is InChI=1S/C33H53N7O6S/c1-26-22-30(31(43-7)23-29(26)36-37-33-28(24-34)27(2)32(25-35)47-33)38(8-16-44-18-12-39(3,4)10-14-41)9-17-45-20-21-46-19-13-40(5,6)11-15-42/h22-23,41-42H,8-21H2,1-7H3/q+2/b37-36+. The van der Waals surface area contributed by atoms with E-state index in [0.29, 0.717) is 107 Å². The highest BCUT2D eigenvalue weighted by molar-refractivity contribution is 7.16. The minimum absolute atomic E-state index is 0.134. The van der Waals surface area contributed by atoms with E-state index in [4.69, 9.17) is 18.9 Å². The normalized spacial score (nSPS) is 12.0. The van der Waals surface area contributed by atoms with E-state index in [1.807, 2.05) is 19.1 Å². The van der Waals surface area contributed by atoms with Crippen LogP contribution >= 0.6 is 11.3 Å². The number of ether oxygens (including phenoxy) is 4. The predicted molar refractivity (Wildman–Crippen MR) is 183 cm³/mol. The summed E-state index contributed by atoms with van der Waals surface area (Å²) in [5.74, 6) is 0.609. The second kappa shape index (κ2) is 20.2. The van der Waals surface area contributed by atoms with Crippen LogP contribution in [0.2, 0.25) is 0 Å². The molecule has 0 aliphatic heterocycles. The van der Waals surface area contributed by atoms with Gasteiger partial charge in [-0.05, 0) is 31.0 Å². The Hall–Kier alpha value is -3.18. The maximum absolute atomic E-state index is 9.57. The number of aliphatic hydroxyl groups excluding tert-OH is 2. The highest BCUT2D eigenvalue weighted by Crippen LogP contribution is 2.38. The largest absolute Gasteiger partial charge is 0.495 e. The highest BCUT2D eigenvalue weighted by atomic mass is 32.1. The molecular weight excluding hydrogens is 622 g/mol. The summed E-state index contributed by atoms with van der Waals surface area (Å²) < 4.78 is 24.8. The summed E-state index contributed by atoms with van der Waals surface area (Å²) in [6, 6.07) is 8.06. The summed E-state index contributed by atoms with van der Waals surface area (Å²) in [5.41, 5.74) is 3.29. The zero-order chi connectivity index (χ0) is 34.9. The Morgan fingerprint density at radius 1 is 0.787 bits per heavy atom. The molecule has 2 aromatic rings. The first kappa shape index (κ1) is 40.0. The molecule has 0 saturated carbocycles. The van der Waals surface area contributed by atoms with Crippen molar-refractivity contribution < 1.29 is 38.1 Å². The number of methoxy groups -OCH3 is 1. The molecule has 0 amide bonds. The SMILES string of the molecule is COc1cc(/N=N/c2sc(C#N)c(C)c2C#N)c(C)cc1N(CCOCCOCC[N+](C)(C)CCO)CCOCC[N+](C)(C)CCO. The fourth-order valence-corrected chi connectivity index (χ4v) is 5.48. The smallest absolute Gasteiger partial charge is 0.158 e. The molecule has 2 rings (SSSR count). The lowest BCUT2D eigenvalue weighted by molar-refractivity contribution is -0.891. The Labute approximate surface area is 283 Å². The van der Waals surface area contributed by atoms with Crippen molar-refractivity contribution in [2.24, 2.45) is 10.2 Å². The topological polar surface area (TPSA) is 153 Å². The molecule has 0 atom stereocenters. The van der Waals surface area contributed by atoms with Crippen LogP contribution in [0.25, 0.3) is 0 Å². The molecule has 1 heterocycles. The average Bonchev–Trinajstić information content (AvgIpc) is 3.34. The van der Waals surface area contributed by atoms with E-state index < -0.39 is 0 Å². The molecule has 2 N–H and O–H groups in total. The number of nitriles is 2. The van der Waals surface area contributed by atoms with Crippen molar-refractivity contribution in [3.63, 3.8) is 0 Å². The monoisotopic (exact) mass is 675 g/mol. The van der Waals surface area contributed by atoms with Crippen LogP contribution in [0.5, 0.6) is 5.75 Å². The summed E-state index contributed by atoms with van der Waals surface area (Å²) in [6.45, 7) is 11.2. The van der Waals surface area contributed by atoms with Crippen molar-refractivity contribution in [1.82, 2.24) is 0 Å². The maximum atomic E-state index is 9.57.